The SMILES string of the molecule is C=C(N)n1ncc(-c2cn[nH]c2)c1/N=C(\C)C(CC)CNC(C)C(=O)O. The number of aromatic nitrogens is 4. The van der Waals surface area contributed by atoms with Crippen LogP contribution in [0.4, 0.5) is 5.82 Å². The van der Waals surface area contributed by atoms with Crippen LogP contribution in [0.2, 0.25) is 0 Å². The van der Waals surface area contributed by atoms with E-state index in [1.165, 1.54) is 4.68 Å². The van der Waals surface area contributed by atoms with Gasteiger partial charge in [-0.15, -0.1) is 0 Å². The third-order valence-corrected chi connectivity index (χ3v) is 4.23. The van der Waals surface area contributed by atoms with Gasteiger partial charge in [0.2, 0.25) is 0 Å². The Bertz CT molecular complexity index is 792. The average Bonchev–Trinajstić information content (AvgIpc) is 3.24. The van der Waals surface area contributed by atoms with Gasteiger partial charge in [0.05, 0.1) is 12.4 Å². The summed E-state index contributed by atoms with van der Waals surface area (Å²) in [5, 5.41) is 23.0. The van der Waals surface area contributed by atoms with Crippen LogP contribution >= 0.6 is 0 Å². The van der Waals surface area contributed by atoms with Crippen LogP contribution in [0.15, 0.2) is 30.2 Å². The number of carboxylic acids is 1. The van der Waals surface area contributed by atoms with Gasteiger partial charge in [-0.2, -0.15) is 14.9 Å². The van der Waals surface area contributed by atoms with Gasteiger partial charge in [0.1, 0.15) is 11.9 Å². The second-order valence-corrected chi connectivity index (χ2v) is 6.10. The molecule has 2 aromatic heterocycles. The van der Waals surface area contributed by atoms with E-state index in [2.05, 4.69) is 27.2 Å². The van der Waals surface area contributed by atoms with Crippen molar-refractivity contribution in [3.8, 4) is 11.1 Å². The van der Waals surface area contributed by atoms with Crippen LogP contribution in [0, 0.1) is 5.92 Å². The number of hydrogen-bond acceptors (Lipinski definition) is 6. The van der Waals surface area contributed by atoms with E-state index >= 15 is 0 Å². The Morgan fingerprint density at radius 2 is 2.27 bits per heavy atom. The first kappa shape index (κ1) is 19.4. The summed E-state index contributed by atoms with van der Waals surface area (Å²) in [7, 11) is 0. The Labute approximate surface area is 152 Å². The largest absolute Gasteiger partial charge is 0.480 e. The van der Waals surface area contributed by atoms with E-state index in [0.717, 1.165) is 23.3 Å². The number of carbonyl (C=O) groups is 1. The Morgan fingerprint density at radius 3 is 2.81 bits per heavy atom. The summed E-state index contributed by atoms with van der Waals surface area (Å²) in [4.78, 5) is 15.7. The molecular formula is C17H25N7O2. The van der Waals surface area contributed by atoms with Crippen molar-refractivity contribution in [2.24, 2.45) is 16.6 Å². The molecule has 2 aromatic rings. The van der Waals surface area contributed by atoms with Crippen LogP contribution in [-0.4, -0.2) is 49.4 Å². The van der Waals surface area contributed by atoms with Gasteiger partial charge in [-0.25, -0.2) is 4.99 Å². The molecule has 0 spiro atoms. The molecule has 0 aliphatic heterocycles. The molecule has 0 bridgehead atoms. The van der Waals surface area contributed by atoms with Crippen LogP contribution in [-0.2, 0) is 4.79 Å². The average molecular weight is 359 g/mol. The van der Waals surface area contributed by atoms with E-state index < -0.39 is 12.0 Å². The first-order valence-corrected chi connectivity index (χ1v) is 8.38. The fourth-order valence-electron chi connectivity index (χ4n) is 2.51. The zero-order valence-electron chi connectivity index (χ0n) is 15.2. The Hall–Kier alpha value is -2.94. The molecule has 2 heterocycles. The normalized spacial score (nSPS) is 14.2. The van der Waals surface area contributed by atoms with E-state index in [1.54, 1.807) is 25.5 Å². The van der Waals surface area contributed by atoms with Crippen molar-refractivity contribution in [3.63, 3.8) is 0 Å². The van der Waals surface area contributed by atoms with Crippen molar-refractivity contribution in [3.05, 3.63) is 25.2 Å². The van der Waals surface area contributed by atoms with Gasteiger partial charge in [-0.3, -0.25) is 9.89 Å². The van der Waals surface area contributed by atoms with Gasteiger partial charge in [0, 0.05) is 35.5 Å². The molecule has 0 aliphatic carbocycles. The lowest BCUT2D eigenvalue weighted by molar-refractivity contribution is -0.139. The summed E-state index contributed by atoms with van der Waals surface area (Å²) in [6.45, 7) is 9.82. The summed E-state index contributed by atoms with van der Waals surface area (Å²) in [5.74, 6) is 0.0238. The highest BCUT2D eigenvalue weighted by atomic mass is 16.4. The molecule has 9 heteroatoms. The predicted octanol–water partition coefficient (Wildman–Crippen LogP) is 1.84. The molecule has 0 saturated carbocycles. The molecule has 0 aliphatic rings. The minimum Gasteiger partial charge on any atom is -0.480 e. The van der Waals surface area contributed by atoms with Crippen molar-refractivity contribution < 1.29 is 9.90 Å². The van der Waals surface area contributed by atoms with E-state index in [-0.39, 0.29) is 11.7 Å². The van der Waals surface area contributed by atoms with Crippen molar-refractivity contribution in [1.82, 2.24) is 25.3 Å². The molecule has 5 N–H and O–H groups in total. The first-order chi connectivity index (χ1) is 12.3. The number of aliphatic imine (C=N–C) groups is 1. The third kappa shape index (κ3) is 4.37. The molecular weight excluding hydrogens is 334 g/mol. The number of nitrogens with zero attached hydrogens (tertiary/aromatic N) is 4. The van der Waals surface area contributed by atoms with Crippen LogP contribution in [0.1, 0.15) is 27.2 Å². The Balaban J connectivity index is 2.32. The Kier molecular flexibility index (Phi) is 6.29. The minimum atomic E-state index is -0.880. The first-order valence-electron chi connectivity index (χ1n) is 8.38. The quantitative estimate of drug-likeness (QED) is 0.505. The van der Waals surface area contributed by atoms with Crippen LogP contribution in [0.3, 0.4) is 0 Å². The van der Waals surface area contributed by atoms with Gasteiger partial charge in [-0.05, 0) is 20.3 Å². The zero-order valence-corrected chi connectivity index (χ0v) is 15.2. The monoisotopic (exact) mass is 359 g/mol. The highest BCUT2D eigenvalue weighted by molar-refractivity contribution is 5.89. The van der Waals surface area contributed by atoms with Crippen molar-refractivity contribution >= 4 is 23.3 Å². The number of aliphatic carboxylic acids is 1. The van der Waals surface area contributed by atoms with Crippen LogP contribution in [0.25, 0.3) is 16.9 Å². The second-order valence-electron chi connectivity index (χ2n) is 6.10. The van der Waals surface area contributed by atoms with E-state index in [4.69, 9.17) is 15.8 Å². The van der Waals surface area contributed by atoms with Crippen LogP contribution in [0.5, 0.6) is 0 Å². The van der Waals surface area contributed by atoms with E-state index in [0.29, 0.717) is 12.4 Å². The van der Waals surface area contributed by atoms with Gasteiger partial charge < -0.3 is 16.2 Å². The number of rotatable bonds is 9. The predicted molar refractivity (Wildman–Crippen MR) is 101 cm³/mol. The maximum atomic E-state index is 11.0. The lowest BCUT2D eigenvalue weighted by Gasteiger charge is -2.18. The molecule has 0 saturated heterocycles. The number of carboxylic acid groups (broad SMARTS) is 1. The molecule has 2 unspecified atom stereocenters. The second kappa shape index (κ2) is 8.43. The molecule has 0 fully saturated rings. The molecule has 0 aromatic carbocycles. The van der Waals surface area contributed by atoms with Crippen molar-refractivity contribution in [2.45, 2.75) is 33.2 Å². The van der Waals surface area contributed by atoms with E-state index in [9.17, 15) is 4.79 Å². The number of nitrogens with two attached hydrogens (primary N) is 1. The summed E-state index contributed by atoms with van der Waals surface area (Å²) in [6.07, 6.45) is 5.92. The molecule has 2 atom stereocenters. The summed E-state index contributed by atoms with van der Waals surface area (Å²) < 4.78 is 1.48. The third-order valence-electron chi connectivity index (χ3n) is 4.23. The van der Waals surface area contributed by atoms with Crippen LogP contribution < -0.4 is 11.1 Å². The van der Waals surface area contributed by atoms with Crippen molar-refractivity contribution in [1.29, 1.82) is 0 Å². The maximum absolute atomic E-state index is 11.0. The topological polar surface area (TPSA) is 134 Å². The summed E-state index contributed by atoms with van der Waals surface area (Å²) in [6, 6.07) is -0.618. The lowest BCUT2D eigenvalue weighted by atomic mass is 10.0. The Morgan fingerprint density at radius 1 is 1.54 bits per heavy atom. The minimum absolute atomic E-state index is 0.0726. The molecule has 9 nitrogen and oxygen atoms in total. The molecule has 140 valence electrons. The van der Waals surface area contributed by atoms with Gasteiger partial charge in [-0.1, -0.05) is 13.5 Å². The summed E-state index contributed by atoms with van der Waals surface area (Å²) >= 11 is 0. The number of hydrogen-bond donors (Lipinski definition) is 4. The highest BCUT2D eigenvalue weighted by Crippen LogP contribution is 2.31. The smallest absolute Gasteiger partial charge is 0.320 e. The van der Waals surface area contributed by atoms with Crippen molar-refractivity contribution in [2.75, 3.05) is 6.54 Å². The zero-order chi connectivity index (χ0) is 19.3. The number of nitrogens with one attached hydrogen (secondary N) is 2. The molecule has 0 radical (unpaired) electrons. The molecule has 0 amide bonds. The lowest BCUT2D eigenvalue weighted by Crippen LogP contribution is -2.38. The van der Waals surface area contributed by atoms with E-state index in [1.807, 2.05) is 13.8 Å². The highest BCUT2D eigenvalue weighted by Gasteiger charge is 2.18. The van der Waals surface area contributed by atoms with Gasteiger partial charge in [0.15, 0.2) is 5.82 Å². The van der Waals surface area contributed by atoms with Gasteiger partial charge in [0.25, 0.3) is 0 Å². The standard InChI is InChI=1S/C17H25N7O2/c1-5-13(6-19-11(3)17(25)26)10(2)23-16-15(14-7-20-21-8-14)9-22-24(16)12(4)18/h7-9,11,13,19H,4-6,18H2,1-3H3,(H,20,21)(H,25,26)/b23-10+. The van der Waals surface area contributed by atoms with Gasteiger partial charge >= 0.3 is 5.97 Å². The fourth-order valence-corrected chi connectivity index (χ4v) is 2.51. The number of aromatic amines is 1. The molecule has 2 rings (SSSR count). The molecule has 26 heavy (non-hydrogen) atoms. The summed E-state index contributed by atoms with van der Waals surface area (Å²) in [5.41, 5.74) is 8.31. The maximum Gasteiger partial charge on any atom is 0.320 e. The fraction of sp³-hybridized carbons (Fsp3) is 0.412. The number of H-pyrrole nitrogens is 1.